The van der Waals surface area contributed by atoms with Crippen LogP contribution in [0.1, 0.15) is 12.8 Å². The highest BCUT2D eigenvalue weighted by atomic mass is 19.4. The van der Waals surface area contributed by atoms with Gasteiger partial charge in [0.15, 0.2) is 5.88 Å². The zero-order valence-electron chi connectivity index (χ0n) is 13.5. The number of nitrogens with zero attached hydrogens (tertiary/aromatic N) is 1. The third kappa shape index (κ3) is 4.62. The molecule has 0 unspecified atom stereocenters. The molecule has 1 heterocycles. The van der Waals surface area contributed by atoms with Crippen molar-refractivity contribution in [2.45, 2.75) is 19.0 Å². The predicted molar refractivity (Wildman–Crippen MR) is 80.5 cm³/mol. The van der Waals surface area contributed by atoms with Gasteiger partial charge < -0.3 is 19.7 Å². The third-order valence-corrected chi connectivity index (χ3v) is 4.34. The van der Waals surface area contributed by atoms with Crippen LogP contribution in [0.25, 0.3) is 0 Å². The van der Waals surface area contributed by atoms with E-state index >= 15 is 0 Å². The second-order valence-electron chi connectivity index (χ2n) is 5.86. The molecule has 1 saturated carbocycles. The number of hydrogen-bond donors (Lipinski definition) is 2. The van der Waals surface area contributed by atoms with Crippen LogP contribution in [0, 0.1) is 17.2 Å². The summed E-state index contributed by atoms with van der Waals surface area (Å²) < 4.78 is 47.7. The van der Waals surface area contributed by atoms with Gasteiger partial charge in [-0.05, 0) is 12.8 Å². The number of alkyl halides is 3. The lowest BCUT2D eigenvalue weighted by atomic mass is 9.73. The minimum absolute atomic E-state index is 0.0165. The van der Waals surface area contributed by atoms with Crippen molar-refractivity contribution >= 4 is 11.6 Å². The van der Waals surface area contributed by atoms with Gasteiger partial charge in [0, 0.05) is 38.0 Å². The highest BCUT2D eigenvalue weighted by Crippen LogP contribution is 2.36. The highest BCUT2D eigenvalue weighted by molar-refractivity contribution is 5.97. The molecule has 2 fully saturated rings. The fraction of sp³-hybridized carbons (Fsp3) is 0.733. The first-order valence-electron chi connectivity index (χ1n) is 7.87. The van der Waals surface area contributed by atoms with Crippen molar-refractivity contribution in [2.75, 3.05) is 40.0 Å². The molecule has 9 heteroatoms. The van der Waals surface area contributed by atoms with Crippen LogP contribution < -0.4 is 5.32 Å². The molecule has 6 nitrogen and oxygen atoms in total. The number of carbonyl (C=O) groups excluding carboxylic acids is 1. The molecule has 1 aliphatic heterocycles. The van der Waals surface area contributed by atoms with Crippen molar-refractivity contribution in [3.05, 3.63) is 12.0 Å². The van der Waals surface area contributed by atoms with Gasteiger partial charge in [-0.1, -0.05) is 0 Å². The van der Waals surface area contributed by atoms with Crippen molar-refractivity contribution in [1.82, 2.24) is 10.2 Å². The molecular formula is C15H22F3N3O3. The molecule has 0 spiro atoms. The second-order valence-corrected chi connectivity index (χ2v) is 5.86. The molecule has 0 radical (unpaired) electrons. The Morgan fingerprint density at radius 1 is 1.38 bits per heavy atom. The van der Waals surface area contributed by atoms with E-state index in [-0.39, 0.29) is 30.2 Å². The SMILES string of the molecule is CN/C(=C\C(=N)C(F)(F)F)OC[C@@H]1CC[C@@H]1C(=O)N1CCOCC1. The molecule has 136 valence electrons. The Balaban J connectivity index is 1.85. The minimum atomic E-state index is -4.71. The molecule has 1 aliphatic carbocycles. The molecule has 1 saturated heterocycles. The summed E-state index contributed by atoms with van der Waals surface area (Å²) in [4.78, 5) is 14.2. The maximum atomic E-state index is 12.4. The van der Waals surface area contributed by atoms with Gasteiger partial charge in [0.25, 0.3) is 0 Å². The molecule has 0 aromatic rings. The van der Waals surface area contributed by atoms with Gasteiger partial charge in [-0.3, -0.25) is 10.2 Å². The fourth-order valence-electron chi connectivity index (χ4n) is 2.71. The smallest absolute Gasteiger partial charge is 0.432 e. The van der Waals surface area contributed by atoms with Gasteiger partial charge >= 0.3 is 6.18 Å². The third-order valence-electron chi connectivity index (χ3n) is 4.34. The Bertz CT molecular complexity index is 502. The summed E-state index contributed by atoms with van der Waals surface area (Å²) in [7, 11) is 1.42. The van der Waals surface area contributed by atoms with Crippen LogP contribution in [-0.2, 0) is 14.3 Å². The lowest BCUT2D eigenvalue weighted by Gasteiger charge is -2.39. The minimum Gasteiger partial charge on any atom is -0.479 e. The first-order chi connectivity index (χ1) is 11.3. The molecule has 2 aliphatic rings. The maximum Gasteiger partial charge on any atom is 0.432 e. The van der Waals surface area contributed by atoms with E-state index in [4.69, 9.17) is 14.9 Å². The van der Waals surface area contributed by atoms with Crippen molar-refractivity contribution < 1.29 is 27.4 Å². The van der Waals surface area contributed by atoms with Crippen LogP contribution in [0.2, 0.25) is 0 Å². The van der Waals surface area contributed by atoms with Gasteiger partial charge in [0.05, 0.1) is 19.8 Å². The van der Waals surface area contributed by atoms with Crippen molar-refractivity contribution in [1.29, 1.82) is 5.41 Å². The largest absolute Gasteiger partial charge is 0.479 e. The molecule has 2 rings (SSSR count). The monoisotopic (exact) mass is 349 g/mol. The van der Waals surface area contributed by atoms with Crippen molar-refractivity contribution in [3.63, 3.8) is 0 Å². The van der Waals surface area contributed by atoms with Gasteiger partial charge in [0.2, 0.25) is 5.91 Å². The first-order valence-corrected chi connectivity index (χ1v) is 7.87. The molecule has 2 atom stereocenters. The zero-order chi connectivity index (χ0) is 17.7. The van der Waals surface area contributed by atoms with Crippen LogP contribution in [0.5, 0.6) is 0 Å². The number of allylic oxidation sites excluding steroid dienone is 1. The Morgan fingerprint density at radius 3 is 2.54 bits per heavy atom. The van der Waals surface area contributed by atoms with Crippen LogP contribution in [-0.4, -0.2) is 62.7 Å². The standard InChI is InChI=1S/C15H22F3N3O3/c1-20-13(8-12(19)15(16,17)18)24-9-10-2-3-11(10)14(22)21-4-6-23-7-5-21/h8,10-11,19-20H,2-7,9H2,1H3/b13-8+,19-12?/t10-,11-/m0/s1. The predicted octanol–water partition coefficient (Wildman–Crippen LogP) is 1.53. The molecule has 0 bridgehead atoms. The van der Waals surface area contributed by atoms with Gasteiger partial charge in [0.1, 0.15) is 5.71 Å². The van der Waals surface area contributed by atoms with Crippen LogP contribution in [0.15, 0.2) is 12.0 Å². The van der Waals surface area contributed by atoms with Crippen molar-refractivity contribution in [2.24, 2.45) is 11.8 Å². The molecular weight excluding hydrogens is 327 g/mol. The van der Waals surface area contributed by atoms with E-state index in [1.54, 1.807) is 4.90 Å². The van der Waals surface area contributed by atoms with E-state index < -0.39 is 11.9 Å². The topological polar surface area (TPSA) is 74.7 Å². The van der Waals surface area contributed by atoms with Gasteiger partial charge in [-0.2, -0.15) is 13.2 Å². The Labute approximate surface area is 138 Å². The summed E-state index contributed by atoms with van der Waals surface area (Å²) in [5.74, 6) is -0.224. The molecule has 1 amide bonds. The number of halogens is 3. The van der Waals surface area contributed by atoms with Crippen molar-refractivity contribution in [3.8, 4) is 0 Å². The summed E-state index contributed by atoms with van der Waals surface area (Å²) in [6.07, 6.45) is -2.54. The first kappa shape index (κ1) is 18.6. The average molecular weight is 349 g/mol. The molecule has 2 N–H and O–H groups in total. The summed E-state index contributed by atoms with van der Waals surface area (Å²) in [5.41, 5.74) is -1.48. The number of carbonyl (C=O) groups is 1. The number of nitrogens with one attached hydrogen (secondary N) is 2. The number of hydrogen-bond acceptors (Lipinski definition) is 5. The number of ether oxygens (including phenoxy) is 2. The average Bonchev–Trinajstić information content (AvgIpc) is 2.52. The Morgan fingerprint density at radius 2 is 2.04 bits per heavy atom. The summed E-state index contributed by atoms with van der Waals surface area (Å²) in [6.45, 7) is 2.37. The second kappa shape index (κ2) is 7.87. The summed E-state index contributed by atoms with van der Waals surface area (Å²) >= 11 is 0. The maximum absolute atomic E-state index is 12.4. The van der Waals surface area contributed by atoms with E-state index in [9.17, 15) is 18.0 Å². The van der Waals surface area contributed by atoms with E-state index in [2.05, 4.69) is 5.32 Å². The highest BCUT2D eigenvalue weighted by Gasteiger charge is 2.39. The normalized spacial score (nSPS) is 25.0. The van der Waals surface area contributed by atoms with Gasteiger partial charge in [-0.25, -0.2) is 0 Å². The van der Waals surface area contributed by atoms with E-state index in [0.717, 1.165) is 12.8 Å². The quantitative estimate of drug-likeness (QED) is 0.563. The Kier molecular flexibility index (Phi) is 6.09. The molecule has 24 heavy (non-hydrogen) atoms. The molecule has 0 aromatic heterocycles. The lowest BCUT2D eigenvalue weighted by molar-refractivity contribution is -0.146. The van der Waals surface area contributed by atoms with Crippen LogP contribution in [0.4, 0.5) is 13.2 Å². The van der Waals surface area contributed by atoms with Gasteiger partial charge in [-0.15, -0.1) is 0 Å². The Hall–Kier alpha value is -1.77. The number of rotatable bonds is 6. The number of amides is 1. The summed E-state index contributed by atoms with van der Waals surface area (Å²) in [5, 5.41) is 9.47. The van der Waals surface area contributed by atoms with E-state index in [1.807, 2.05) is 0 Å². The van der Waals surface area contributed by atoms with E-state index in [0.29, 0.717) is 32.4 Å². The van der Waals surface area contributed by atoms with Crippen LogP contribution >= 0.6 is 0 Å². The molecule has 0 aromatic carbocycles. The lowest BCUT2D eigenvalue weighted by Crippen LogP contribution is -2.49. The van der Waals surface area contributed by atoms with Crippen LogP contribution in [0.3, 0.4) is 0 Å². The fourth-order valence-corrected chi connectivity index (χ4v) is 2.71. The van der Waals surface area contributed by atoms with E-state index in [1.165, 1.54) is 7.05 Å². The number of morpholine rings is 1. The summed E-state index contributed by atoms with van der Waals surface area (Å²) in [6, 6.07) is 0. The zero-order valence-corrected chi connectivity index (χ0v) is 13.5.